The third-order valence-electron chi connectivity index (χ3n) is 4.02. The van der Waals surface area contributed by atoms with Gasteiger partial charge in [-0.25, -0.2) is 0 Å². The minimum atomic E-state index is -0.342. The number of imide groups is 1. The Labute approximate surface area is 167 Å². The number of carbonyl (C=O) groups excluding carboxylic acids is 3. The van der Waals surface area contributed by atoms with Crippen LogP contribution in [0.1, 0.15) is 11.1 Å². The Kier molecular flexibility index (Phi) is 6.49. The summed E-state index contributed by atoms with van der Waals surface area (Å²) in [4.78, 5) is 37.9. The summed E-state index contributed by atoms with van der Waals surface area (Å²) in [5, 5.41) is 2.32. The van der Waals surface area contributed by atoms with Gasteiger partial charge in [0.05, 0.1) is 4.91 Å². The Hall–Kier alpha value is -3.06. The summed E-state index contributed by atoms with van der Waals surface area (Å²) in [6.45, 7) is 2.15. The normalized spacial score (nSPS) is 15.2. The number of benzene rings is 2. The number of carbonyl (C=O) groups is 3. The molecule has 0 spiro atoms. The molecule has 1 aliphatic heterocycles. The van der Waals surface area contributed by atoms with Crippen molar-refractivity contribution in [3.8, 4) is 5.75 Å². The molecule has 7 heteroatoms. The topological polar surface area (TPSA) is 75.7 Å². The molecule has 0 aliphatic carbocycles. The molecule has 2 aromatic rings. The number of ether oxygens (including phenoxy) is 1. The Morgan fingerprint density at radius 1 is 1.11 bits per heavy atom. The summed E-state index contributed by atoms with van der Waals surface area (Å²) in [6, 6.07) is 16.7. The van der Waals surface area contributed by atoms with Gasteiger partial charge in [0, 0.05) is 13.1 Å². The molecule has 0 radical (unpaired) electrons. The van der Waals surface area contributed by atoms with Crippen molar-refractivity contribution in [3.05, 3.63) is 70.6 Å². The van der Waals surface area contributed by atoms with Crippen LogP contribution in [0.25, 0.3) is 6.08 Å². The smallest absolute Gasteiger partial charge is 0.293 e. The highest BCUT2D eigenvalue weighted by Crippen LogP contribution is 2.31. The van der Waals surface area contributed by atoms with Gasteiger partial charge in [-0.3, -0.25) is 19.3 Å². The molecule has 3 rings (SSSR count). The van der Waals surface area contributed by atoms with Crippen LogP contribution in [0.4, 0.5) is 4.79 Å². The quantitative estimate of drug-likeness (QED) is 0.728. The largest absolute Gasteiger partial charge is 0.484 e. The number of thioether (sulfide) groups is 1. The lowest BCUT2D eigenvalue weighted by Gasteiger charge is -2.13. The molecule has 0 saturated carbocycles. The zero-order valence-electron chi connectivity index (χ0n) is 15.4. The summed E-state index contributed by atoms with van der Waals surface area (Å²) in [5.41, 5.74) is 1.99. The van der Waals surface area contributed by atoms with Gasteiger partial charge >= 0.3 is 0 Å². The highest BCUT2D eigenvalue weighted by atomic mass is 32.2. The van der Waals surface area contributed by atoms with Crippen molar-refractivity contribution < 1.29 is 19.1 Å². The second kappa shape index (κ2) is 9.23. The third-order valence-corrected chi connectivity index (χ3v) is 4.93. The van der Waals surface area contributed by atoms with E-state index in [1.807, 2.05) is 49.4 Å². The summed E-state index contributed by atoms with van der Waals surface area (Å²) < 4.78 is 5.35. The van der Waals surface area contributed by atoms with Crippen LogP contribution in [0, 0.1) is 6.92 Å². The molecule has 1 aliphatic rings. The number of aryl methyl sites for hydroxylation is 1. The molecule has 0 unspecified atom stereocenters. The Morgan fingerprint density at radius 2 is 1.82 bits per heavy atom. The lowest BCUT2D eigenvalue weighted by atomic mass is 10.1. The molecule has 2 aromatic carbocycles. The summed E-state index contributed by atoms with van der Waals surface area (Å²) in [7, 11) is 0. The first-order chi connectivity index (χ1) is 13.5. The Morgan fingerprint density at radius 3 is 2.54 bits per heavy atom. The van der Waals surface area contributed by atoms with Crippen LogP contribution in [-0.2, 0) is 9.59 Å². The summed E-state index contributed by atoms with van der Waals surface area (Å²) in [5.74, 6) is -0.0544. The number of para-hydroxylation sites is 1. The molecule has 1 heterocycles. The highest BCUT2D eigenvalue weighted by Gasteiger charge is 2.34. The van der Waals surface area contributed by atoms with Gasteiger partial charge in [-0.2, -0.15) is 0 Å². The number of nitrogens with one attached hydrogen (secondary N) is 1. The van der Waals surface area contributed by atoms with Crippen molar-refractivity contribution in [2.45, 2.75) is 6.92 Å². The standard InChI is InChI=1S/C21H20N2O4S/c1-15-7-9-16(10-8-15)13-18-20(25)23(21(26)28-18)12-11-22-19(24)14-27-17-5-3-2-4-6-17/h2-10,13H,11-12,14H2,1H3,(H,22,24)/b18-13-. The molecule has 1 saturated heterocycles. The average molecular weight is 396 g/mol. The molecular weight excluding hydrogens is 376 g/mol. The maximum Gasteiger partial charge on any atom is 0.293 e. The van der Waals surface area contributed by atoms with Crippen LogP contribution in [-0.4, -0.2) is 41.6 Å². The third kappa shape index (κ3) is 5.23. The van der Waals surface area contributed by atoms with Crippen LogP contribution in [0.2, 0.25) is 0 Å². The predicted molar refractivity (Wildman–Crippen MR) is 109 cm³/mol. The zero-order valence-corrected chi connectivity index (χ0v) is 16.2. The monoisotopic (exact) mass is 396 g/mol. The van der Waals surface area contributed by atoms with Crippen LogP contribution in [0.5, 0.6) is 5.75 Å². The van der Waals surface area contributed by atoms with Gasteiger partial charge in [-0.15, -0.1) is 0 Å². The molecule has 28 heavy (non-hydrogen) atoms. The molecule has 0 bridgehead atoms. The second-order valence-corrected chi connectivity index (χ2v) is 7.19. The Bertz CT molecular complexity index is 894. The molecular formula is C21H20N2O4S. The van der Waals surface area contributed by atoms with Gasteiger partial charge < -0.3 is 10.1 Å². The molecule has 6 nitrogen and oxygen atoms in total. The van der Waals surface area contributed by atoms with E-state index in [0.717, 1.165) is 27.8 Å². The number of rotatable bonds is 7. The minimum absolute atomic E-state index is 0.118. The predicted octanol–water partition coefficient (Wildman–Crippen LogP) is 3.23. The van der Waals surface area contributed by atoms with Crippen LogP contribution in [0.15, 0.2) is 59.5 Å². The number of hydrogen-bond acceptors (Lipinski definition) is 5. The molecule has 1 N–H and O–H groups in total. The zero-order chi connectivity index (χ0) is 19.9. The second-order valence-electron chi connectivity index (χ2n) is 6.20. The van der Waals surface area contributed by atoms with E-state index in [9.17, 15) is 14.4 Å². The number of hydrogen-bond donors (Lipinski definition) is 1. The van der Waals surface area contributed by atoms with Crippen molar-refractivity contribution in [2.75, 3.05) is 19.7 Å². The van der Waals surface area contributed by atoms with Gasteiger partial charge in [0.1, 0.15) is 5.75 Å². The van der Waals surface area contributed by atoms with E-state index in [2.05, 4.69) is 5.32 Å². The van der Waals surface area contributed by atoms with Crippen LogP contribution < -0.4 is 10.1 Å². The lowest BCUT2D eigenvalue weighted by molar-refractivity contribution is -0.125. The molecule has 1 fully saturated rings. The van der Waals surface area contributed by atoms with Gasteiger partial charge in [0.25, 0.3) is 17.1 Å². The fourth-order valence-corrected chi connectivity index (χ4v) is 3.40. The molecule has 3 amide bonds. The molecule has 144 valence electrons. The molecule has 0 atom stereocenters. The van der Waals surface area contributed by atoms with Crippen LogP contribution >= 0.6 is 11.8 Å². The Balaban J connectivity index is 1.48. The first-order valence-corrected chi connectivity index (χ1v) is 9.61. The van der Waals surface area contributed by atoms with Crippen molar-refractivity contribution in [2.24, 2.45) is 0 Å². The maximum absolute atomic E-state index is 12.5. The summed E-state index contributed by atoms with van der Waals surface area (Å²) >= 11 is 0.908. The van der Waals surface area contributed by atoms with Gasteiger partial charge in [0.2, 0.25) is 0 Å². The van der Waals surface area contributed by atoms with Crippen molar-refractivity contribution in [3.63, 3.8) is 0 Å². The van der Waals surface area contributed by atoms with E-state index in [1.54, 1.807) is 18.2 Å². The van der Waals surface area contributed by atoms with Crippen molar-refractivity contribution in [1.82, 2.24) is 10.2 Å². The summed E-state index contributed by atoms with van der Waals surface area (Å²) in [6.07, 6.45) is 1.70. The van der Waals surface area contributed by atoms with Gasteiger partial charge in [0.15, 0.2) is 6.61 Å². The molecule has 0 aromatic heterocycles. The number of amides is 3. The van der Waals surface area contributed by atoms with Crippen molar-refractivity contribution >= 4 is 34.9 Å². The highest BCUT2D eigenvalue weighted by molar-refractivity contribution is 8.18. The lowest BCUT2D eigenvalue weighted by Crippen LogP contribution is -2.38. The maximum atomic E-state index is 12.5. The minimum Gasteiger partial charge on any atom is -0.484 e. The first-order valence-electron chi connectivity index (χ1n) is 8.79. The van der Waals surface area contributed by atoms with Crippen molar-refractivity contribution in [1.29, 1.82) is 0 Å². The SMILES string of the molecule is Cc1ccc(/C=C2\SC(=O)N(CCNC(=O)COc3ccccc3)C2=O)cc1. The van der Waals surface area contributed by atoms with E-state index in [0.29, 0.717) is 10.7 Å². The van der Waals surface area contributed by atoms with E-state index in [1.165, 1.54) is 0 Å². The van der Waals surface area contributed by atoms with E-state index < -0.39 is 0 Å². The van der Waals surface area contributed by atoms with E-state index in [4.69, 9.17) is 4.74 Å². The fourth-order valence-electron chi connectivity index (χ4n) is 2.53. The fraction of sp³-hybridized carbons (Fsp3) is 0.190. The first kappa shape index (κ1) is 19.7. The number of nitrogens with zero attached hydrogens (tertiary/aromatic N) is 1. The van der Waals surface area contributed by atoms with Gasteiger partial charge in [-0.1, -0.05) is 48.0 Å². The van der Waals surface area contributed by atoms with E-state index in [-0.39, 0.29) is 36.7 Å². The van der Waals surface area contributed by atoms with Crippen LogP contribution in [0.3, 0.4) is 0 Å². The average Bonchev–Trinajstić information content (AvgIpc) is 2.96. The van der Waals surface area contributed by atoms with Gasteiger partial charge in [-0.05, 0) is 42.5 Å². The van der Waals surface area contributed by atoms with E-state index >= 15 is 0 Å².